The summed E-state index contributed by atoms with van der Waals surface area (Å²) in [6, 6.07) is 0. The Hall–Kier alpha value is -0.790. The Kier molecular flexibility index (Phi) is 6.12. The highest BCUT2D eigenvalue weighted by atomic mass is 32.2. The van der Waals surface area contributed by atoms with Gasteiger partial charge in [-0.1, -0.05) is 0 Å². The first-order chi connectivity index (χ1) is 9.70. The van der Waals surface area contributed by atoms with Crippen LogP contribution in [-0.2, 0) is 14.3 Å². The van der Waals surface area contributed by atoms with Crippen molar-refractivity contribution < 1.29 is 14.3 Å². The number of hydrogen-bond acceptors (Lipinski definition) is 5. The molecule has 0 aromatic carbocycles. The van der Waals surface area contributed by atoms with Gasteiger partial charge in [0, 0.05) is 37.5 Å². The number of ether oxygens (including phenoxy) is 1. The van der Waals surface area contributed by atoms with Gasteiger partial charge in [-0.25, -0.2) is 5.84 Å². The van der Waals surface area contributed by atoms with Crippen LogP contribution in [0.4, 0.5) is 0 Å². The first-order valence-electron chi connectivity index (χ1n) is 7.18. The highest BCUT2D eigenvalue weighted by molar-refractivity contribution is 8.00. The molecule has 0 atom stereocenters. The molecule has 0 aromatic rings. The van der Waals surface area contributed by atoms with Gasteiger partial charge in [-0.15, -0.1) is 11.8 Å². The Morgan fingerprint density at radius 3 is 2.45 bits per heavy atom. The van der Waals surface area contributed by atoms with Crippen molar-refractivity contribution >= 4 is 23.6 Å². The molecule has 2 saturated heterocycles. The molecule has 6 nitrogen and oxygen atoms in total. The summed E-state index contributed by atoms with van der Waals surface area (Å²) in [7, 11) is 0. The SMILES string of the molecule is NNC(=O)C1CCN(C(=O)CSC2CCOCC2)CC1. The Labute approximate surface area is 123 Å². The van der Waals surface area contributed by atoms with E-state index in [9.17, 15) is 9.59 Å². The molecule has 0 aliphatic carbocycles. The van der Waals surface area contributed by atoms with E-state index >= 15 is 0 Å². The van der Waals surface area contributed by atoms with Crippen molar-refractivity contribution in [2.75, 3.05) is 32.1 Å². The van der Waals surface area contributed by atoms with Gasteiger partial charge in [-0.3, -0.25) is 15.0 Å². The molecule has 0 unspecified atom stereocenters. The van der Waals surface area contributed by atoms with E-state index in [1.54, 1.807) is 11.8 Å². The van der Waals surface area contributed by atoms with Gasteiger partial charge in [0.2, 0.25) is 11.8 Å². The maximum atomic E-state index is 12.1. The molecule has 2 aliphatic rings. The summed E-state index contributed by atoms with van der Waals surface area (Å²) < 4.78 is 5.31. The van der Waals surface area contributed by atoms with E-state index in [2.05, 4.69) is 5.43 Å². The molecule has 0 spiro atoms. The zero-order valence-corrected chi connectivity index (χ0v) is 12.5. The van der Waals surface area contributed by atoms with Crippen LogP contribution in [0.25, 0.3) is 0 Å². The second-order valence-corrected chi connectivity index (χ2v) is 6.58. The van der Waals surface area contributed by atoms with E-state index < -0.39 is 0 Å². The second-order valence-electron chi connectivity index (χ2n) is 5.29. The van der Waals surface area contributed by atoms with Crippen molar-refractivity contribution in [1.82, 2.24) is 10.3 Å². The predicted molar refractivity (Wildman–Crippen MR) is 77.9 cm³/mol. The van der Waals surface area contributed by atoms with Crippen LogP contribution in [-0.4, -0.2) is 54.0 Å². The Morgan fingerprint density at radius 2 is 1.85 bits per heavy atom. The summed E-state index contributed by atoms with van der Waals surface area (Å²) >= 11 is 1.74. The number of carbonyl (C=O) groups excluding carboxylic acids is 2. The third kappa shape index (κ3) is 4.36. The van der Waals surface area contributed by atoms with Crippen LogP contribution in [0, 0.1) is 5.92 Å². The van der Waals surface area contributed by atoms with Crippen molar-refractivity contribution in [3.05, 3.63) is 0 Å². The number of hydrazine groups is 1. The molecule has 2 amide bonds. The number of piperidine rings is 1. The summed E-state index contributed by atoms with van der Waals surface area (Å²) in [5, 5.41) is 0.549. The Bertz CT molecular complexity index is 340. The minimum absolute atomic E-state index is 0.0489. The van der Waals surface area contributed by atoms with Crippen LogP contribution in [0.1, 0.15) is 25.7 Å². The lowest BCUT2D eigenvalue weighted by atomic mass is 9.96. The average Bonchev–Trinajstić information content (AvgIpc) is 2.53. The molecule has 7 heteroatoms. The summed E-state index contributed by atoms with van der Waals surface area (Å²) in [5.41, 5.74) is 2.19. The summed E-state index contributed by atoms with van der Waals surface area (Å²) in [4.78, 5) is 25.4. The largest absolute Gasteiger partial charge is 0.381 e. The number of hydrogen-bond donors (Lipinski definition) is 2. The number of rotatable bonds is 4. The monoisotopic (exact) mass is 301 g/mol. The fourth-order valence-electron chi connectivity index (χ4n) is 2.63. The zero-order chi connectivity index (χ0) is 14.4. The first kappa shape index (κ1) is 15.6. The maximum absolute atomic E-state index is 12.1. The fourth-order valence-corrected chi connectivity index (χ4v) is 3.72. The van der Waals surface area contributed by atoms with Crippen LogP contribution in [0.3, 0.4) is 0 Å². The number of likely N-dealkylation sites (tertiary alicyclic amines) is 1. The number of nitrogens with zero attached hydrogens (tertiary/aromatic N) is 1. The average molecular weight is 301 g/mol. The highest BCUT2D eigenvalue weighted by Crippen LogP contribution is 2.23. The molecule has 2 fully saturated rings. The van der Waals surface area contributed by atoms with Gasteiger partial charge in [-0.2, -0.15) is 0 Å². The topological polar surface area (TPSA) is 84.7 Å². The Morgan fingerprint density at radius 1 is 1.20 bits per heavy atom. The summed E-state index contributed by atoms with van der Waals surface area (Å²) in [6.45, 7) is 2.94. The molecule has 0 radical (unpaired) electrons. The summed E-state index contributed by atoms with van der Waals surface area (Å²) in [6.07, 6.45) is 3.49. The van der Waals surface area contributed by atoms with E-state index in [0.29, 0.717) is 36.9 Å². The van der Waals surface area contributed by atoms with Crippen molar-refractivity contribution in [2.24, 2.45) is 11.8 Å². The van der Waals surface area contributed by atoms with E-state index in [4.69, 9.17) is 10.6 Å². The third-order valence-corrected chi connectivity index (χ3v) is 5.33. The lowest BCUT2D eigenvalue weighted by molar-refractivity contribution is -0.133. The fraction of sp³-hybridized carbons (Fsp3) is 0.846. The van der Waals surface area contributed by atoms with Crippen molar-refractivity contribution in [2.45, 2.75) is 30.9 Å². The minimum atomic E-state index is -0.117. The third-order valence-electron chi connectivity index (χ3n) is 3.97. The Balaban J connectivity index is 1.67. The molecule has 20 heavy (non-hydrogen) atoms. The summed E-state index contributed by atoms with van der Waals surface area (Å²) in [5.74, 6) is 5.70. The molecule has 2 rings (SSSR count). The van der Waals surface area contributed by atoms with Gasteiger partial charge in [0.05, 0.1) is 5.75 Å². The lowest BCUT2D eigenvalue weighted by Crippen LogP contribution is -2.45. The van der Waals surface area contributed by atoms with Crippen LogP contribution >= 0.6 is 11.8 Å². The molecule has 2 heterocycles. The van der Waals surface area contributed by atoms with Gasteiger partial charge >= 0.3 is 0 Å². The van der Waals surface area contributed by atoms with Gasteiger partial charge in [-0.05, 0) is 25.7 Å². The number of carbonyl (C=O) groups is 2. The number of nitrogens with two attached hydrogens (primary N) is 1. The molecule has 0 bridgehead atoms. The van der Waals surface area contributed by atoms with Crippen molar-refractivity contribution in [3.63, 3.8) is 0 Å². The molecule has 114 valence electrons. The molecule has 2 aliphatic heterocycles. The van der Waals surface area contributed by atoms with Crippen molar-refractivity contribution in [3.8, 4) is 0 Å². The molecule has 3 N–H and O–H groups in total. The number of thioether (sulfide) groups is 1. The lowest BCUT2D eigenvalue weighted by Gasteiger charge is -2.31. The van der Waals surface area contributed by atoms with Crippen molar-refractivity contribution in [1.29, 1.82) is 0 Å². The quantitative estimate of drug-likeness (QED) is 0.438. The molecular formula is C13H23N3O3S. The van der Waals surface area contributed by atoms with Gasteiger partial charge in [0.15, 0.2) is 0 Å². The van der Waals surface area contributed by atoms with Gasteiger partial charge < -0.3 is 9.64 Å². The van der Waals surface area contributed by atoms with E-state index in [1.165, 1.54) is 0 Å². The number of amides is 2. The van der Waals surface area contributed by atoms with Crippen LogP contribution in [0.5, 0.6) is 0 Å². The standard InChI is InChI=1S/C13H23N3O3S/c14-15-13(18)10-1-5-16(6-2-10)12(17)9-20-11-3-7-19-8-4-11/h10-11H,1-9,14H2,(H,15,18). The molecule has 0 saturated carbocycles. The second kappa shape index (κ2) is 7.85. The van der Waals surface area contributed by atoms with Crippen LogP contribution in [0.2, 0.25) is 0 Å². The van der Waals surface area contributed by atoms with Crippen LogP contribution in [0.15, 0.2) is 0 Å². The minimum Gasteiger partial charge on any atom is -0.381 e. The first-order valence-corrected chi connectivity index (χ1v) is 8.23. The van der Waals surface area contributed by atoms with E-state index in [1.807, 2.05) is 4.90 Å². The van der Waals surface area contributed by atoms with Gasteiger partial charge in [0.1, 0.15) is 0 Å². The van der Waals surface area contributed by atoms with Gasteiger partial charge in [0.25, 0.3) is 0 Å². The van der Waals surface area contributed by atoms with E-state index in [0.717, 1.165) is 26.1 Å². The normalized spacial score (nSPS) is 21.8. The molecule has 0 aromatic heterocycles. The number of nitrogens with one attached hydrogen (secondary N) is 1. The smallest absolute Gasteiger partial charge is 0.237 e. The molecular weight excluding hydrogens is 278 g/mol. The zero-order valence-electron chi connectivity index (χ0n) is 11.7. The maximum Gasteiger partial charge on any atom is 0.237 e. The van der Waals surface area contributed by atoms with E-state index in [-0.39, 0.29) is 17.7 Å². The predicted octanol–water partition coefficient (Wildman–Crippen LogP) is 0.127. The highest BCUT2D eigenvalue weighted by Gasteiger charge is 2.27. The van der Waals surface area contributed by atoms with Crippen LogP contribution < -0.4 is 11.3 Å².